The van der Waals surface area contributed by atoms with Crippen LogP contribution in [-0.2, 0) is 52.2 Å². The Morgan fingerprint density at radius 1 is 0.514 bits per heavy atom. The SMILES string of the molecule is C[C@H](OC(=O)OCCOCCOC(=O)O[C@H](C)C(=O)OCCOCCCl)C(=O)OCCOCCCl. The van der Waals surface area contributed by atoms with Crippen molar-refractivity contribution in [1.29, 1.82) is 0 Å². The van der Waals surface area contributed by atoms with Crippen molar-refractivity contribution in [2.75, 3.05) is 77.8 Å². The second-order valence-corrected chi connectivity index (χ2v) is 7.02. The van der Waals surface area contributed by atoms with E-state index in [0.29, 0.717) is 25.0 Å². The molecule has 0 saturated carbocycles. The van der Waals surface area contributed by atoms with E-state index in [1.54, 1.807) is 0 Å². The highest BCUT2D eigenvalue weighted by Crippen LogP contribution is 2.00. The van der Waals surface area contributed by atoms with Gasteiger partial charge in [0.25, 0.3) is 0 Å². The average Bonchev–Trinajstić information content (AvgIpc) is 2.82. The maximum absolute atomic E-state index is 11.7. The molecule has 0 bridgehead atoms. The zero-order valence-electron chi connectivity index (χ0n) is 19.7. The predicted molar refractivity (Wildman–Crippen MR) is 120 cm³/mol. The zero-order chi connectivity index (χ0) is 26.3. The van der Waals surface area contributed by atoms with Crippen LogP contribution in [0, 0.1) is 0 Å². The van der Waals surface area contributed by atoms with Crippen molar-refractivity contribution in [2.45, 2.75) is 26.1 Å². The molecule has 0 saturated heterocycles. The van der Waals surface area contributed by atoms with Crippen molar-refractivity contribution >= 4 is 47.5 Å². The molecular formula is C20H32Cl2O13. The summed E-state index contributed by atoms with van der Waals surface area (Å²) in [5.41, 5.74) is 0. The monoisotopic (exact) mass is 550 g/mol. The van der Waals surface area contributed by atoms with Crippen LogP contribution in [0.4, 0.5) is 9.59 Å². The first-order valence-corrected chi connectivity index (χ1v) is 11.7. The van der Waals surface area contributed by atoms with Gasteiger partial charge in [-0.3, -0.25) is 0 Å². The Labute approximate surface area is 213 Å². The smallest absolute Gasteiger partial charge is 0.461 e. The summed E-state index contributed by atoms with van der Waals surface area (Å²) in [4.78, 5) is 46.4. The van der Waals surface area contributed by atoms with Crippen LogP contribution in [0.2, 0.25) is 0 Å². The number of hydrogen-bond acceptors (Lipinski definition) is 13. The van der Waals surface area contributed by atoms with Crippen LogP contribution >= 0.6 is 23.2 Å². The predicted octanol–water partition coefficient (Wildman–Crippen LogP) is 1.68. The average molecular weight is 551 g/mol. The van der Waals surface area contributed by atoms with Crippen LogP contribution in [0.25, 0.3) is 0 Å². The molecule has 0 aliphatic carbocycles. The number of alkyl halides is 2. The van der Waals surface area contributed by atoms with Crippen molar-refractivity contribution in [3.63, 3.8) is 0 Å². The fraction of sp³-hybridized carbons (Fsp3) is 0.800. The maximum Gasteiger partial charge on any atom is 0.509 e. The van der Waals surface area contributed by atoms with Gasteiger partial charge in [0.2, 0.25) is 0 Å². The van der Waals surface area contributed by atoms with Gasteiger partial charge in [-0.05, 0) is 13.8 Å². The molecule has 0 unspecified atom stereocenters. The fourth-order valence-electron chi connectivity index (χ4n) is 1.87. The first kappa shape index (κ1) is 32.9. The highest BCUT2D eigenvalue weighted by atomic mass is 35.5. The third kappa shape index (κ3) is 19.9. The Morgan fingerprint density at radius 3 is 1.17 bits per heavy atom. The largest absolute Gasteiger partial charge is 0.509 e. The van der Waals surface area contributed by atoms with Crippen molar-refractivity contribution in [2.24, 2.45) is 0 Å². The summed E-state index contributed by atoms with van der Waals surface area (Å²) in [5, 5.41) is 0. The standard InChI is InChI=1S/C20H32Cl2O13/c1-15(17(23)30-11-7-27-5-3-21)34-19(25)32-13-9-29-10-14-33-20(26)35-16(2)18(24)31-12-8-28-6-4-22/h15-16H,3-14H2,1-2H3/t15-,16+. The van der Waals surface area contributed by atoms with E-state index in [0.717, 1.165) is 0 Å². The lowest BCUT2D eigenvalue weighted by molar-refractivity contribution is -0.155. The van der Waals surface area contributed by atoms with Crippen molar-refractivity contribution in [3.8, 4) is 0 Å². The Hall–Kier alpha value is -2.06. The van der Waals surface area contributed by atoms with E-state index in [1.165, 1.54) is 13.8 Å². The molecule has 0 N–H and O–H groups in total. The third-order valence-corrected chi connectivity index (χ3v) is 3.80. The van der Waals surface area contributed by atoms with Gasteiger partial charge in [0, 0.05) is 11.8 Å². The van der Waals surface area contributed by atoms with E-state index in [1.807, 2.05) is 0 Å². The van der Waals surface area contributed by atoms with E-state index in [2.05, 4.69) is 0 Å². The van der Waals surface area contributed by atoms with Crippen LogP contribution in [-0.4, -0.2) is 114 Å². The zero-order valence-corrected chi connectivity index (χ0v) is 21.2. The van der Waals surface area contributed by atoms with Crippen LogP contribution < -0.4 is 0 Å². The number of carbonyl (C=O) groups excluding carboxylic acids is 4. The van der Waals surface area contributed by atoms with Crippen molar-refractivity contribution in [3.05, 3.63) is 0 Å². The van der Waals surface area contributed by atoms with E-state index in [9.17, 15) is 19.2 Å². The summed E-state index contributed by atoms with van der Waals surface area (Å²) >= 11 is 10.9. The third-order valence-electron chi connectivity index (χ3n) is 3.49. The molecule has 0 aliphatic rings. The van der Waals surface area contributed by atoms with Gasteiger partial charge in [0.15, 0.2) is 12.2 Å². The molecular weight excluding hydrogens is 519 g/mol. The number of rotatable bonds is 20. The van der Waals surface area contributed by atoms with Crippen LogP contribution in [0.5, 0.6) is 0 Å². The molecule has 0 aliphatic heterocycles. The second kappa shape index (κ2) is 22.4. The second-order valence-electron chi connectivity index (χ2n) is 6.27. The normalized spacial score (nSPS) is 12.2. The molecule has 0 radical (unpaired) electrons. The highest BCUT2D eigenvalue weighted by molar-refractivity contribution is 6.18. The Morgan fingerprint density at radius 2 is 0.829 bits per heavy atom. The van der Waals surface area contributed by atoms with Gasteiger partial charge in [-0.2, -0.15) is 0 Å². The molecule has 0 aromatic rings. The summed E-state index contributed by atoms with van der Waals surface area (Å²) < 4.78 is 43.9. The number of esters is 2. The number of hydrogen-bond donors (Lipinski definition) is 0. The molecule has 204 valence electrons. The molecule has 13 nitrogen and oxygen atoms in total. The Balaban J connectivity index is 3.73. The first-order chi connectivity index (χ1) is 16.8. The lowest BCUT2D eigenvalue weighted by atomic mass is 10.4. The molecule has 2 atom stereocenters. The van der Waals surface area contributed by atoms with Gasteiger partial charge < -0.3 is 42.6 Å². The van der Waals surface area contributed by atoms with Crippen molar-refractivity contribution in [1.82, 2.24) is 0 Å². The Bertz CT molecular complexity index is 556. The molecule has 0 aromatic carbocycles. The first-order valence-electron chi connectivity index (χ1n) is 10.7. The van der Waals surface area contributed by atoms with Crippen molar-refractivity contribution < 1.29 is 61.8 Å². The van der Waals surface area contributed by atoms with E-state index >= 15 is 0 Å². The minimum absolute atomic E-state index is 0.00419. The van der Waals surface area contributed by atoms with Gasteiger partial charge in [-0.25, -0.2) is 19.2 Å². The molecule has 0 spiro atoms. The number of ether oxygens (including phenoxy) is 9. The topological polar surface area (TPSA) is 151 Å². The van der Waals surface area contributed by atoms with Gasteiger partial charge >= 0.3 is 24.2 Å². The molecule has 15 heteroatoms. The molecule has 0 rings (SSSR count). The molecule has 0 aromatic heterocycles. The Kier molecular flexibility index (Phi) is 21.1. The number of halogens is 2. The van der Waals surface area contributed by atoms with E-state index in [4.69, 9.17) is 65.8 Å². The molecule has 0 amide bonds. The fourth-order valence-corrected chi connectivity index (χ4v) is 2.09. The van der Waals surface area contributed by atoms with Gasteiger partial charge in [0.1, 0.15) is 26.4 Å². The molecule has 0 heterocycles. The lowest BCUT2D eigenvalue weighted by Gasteiger charge is -2.13. The summed E-state index contributed by atoms with van der Waals surface area (Å²) in [6, 6.07) is 0. The number of carbonyl (C=O) groups is 4. The van der Waals surface area contributed by atoms with Gasteiger partial charge in [0.05, 0.1) is 39.6 Å². The summed E-state index contributed by atoms with van der Waals surface area (Å²) in [7, 11) is 0. The molecule has 35 heavy (non-hydrogen) atoms. The minimum Gasteiger partial charge on any atom is -0.461 e. The van der Waals surface area contributed by atoms with Crippen LogP contribution in [0.1, 0.15) is 13.8 Å². The van der Waals surface area contributed by atoms with E-state index in [-0.39, 0.29) is 52.9 Å². The summed E-state index contributed by atoms with van der Waals surface area (Å²) in [6.45, 7) is 3.25. The minimum atomic E-state index is -1.17. The van der Waals surface area contributed by atoms with Crippen LogP contribution in [0.15, 0.2) is 0 Å². The van der Waals surface area contributed by atoms with Crippen LogP contribution in [0.3, 0.4) is 0 Å². The maximum atomic E-state index is 11.7. The van der Waals surface area contributed by atoms with E-state index < -0.39 is 36.5 Å². The molecule has 0 fully saturated rings. The lowest BCUT2D eigenvalue weighted by Crippen LogP contribution is -2.28. The quantitative estimate of drug-likeness (QED) is 0.0935. The summed E-state index contributed by atoms with van der Waals surface area (Å²) in [5.74, 6) is -0.855. The summed E-state index contributed by atoms with van der Waals surface area (Å²) in [6.07, 6.45) is -4.50. The van der Waals surface area contributed by atoms with Gasteiger partial charge in [-0.1, -0.05) is 0 Å². The highest BCUT2D eigenvalue weighted by Gasteiger charge is 2.21. The van der Waals surface area contributed by atoms with Gasteiger partial charge in [-0.15, -0.1) is 23.2 Å².